The van der Waals surface area contributed by atoms with Crippen LogP contribution in [0.25, 0.3) is 32.3 Å². The number of fused-ring (bicyclic) bond motifs is 6. The van der Waals surface area contributed by atoms with E-state index in [1.165, 1.54) is 31.1 Å². The number of aromatic nitrogens is 6. The van der Waals surface area contributed by atoms with Crippen molar-refractivity contribution in [1.82, 2.24) is 59.7 Å². The number of nitrogens with zero attached hydrogens (tertiary/aromatic N) is 17. The monoisotopic (exact) mass is 1630 g/mol. The molecule has 6 saturated heterocycles. The maximum atomic E-state index is 12.2. The predicted molar refractivity (Wildman–Crippen MR) is 471 cm³/mol. The van der Waals surface area contributed by atoms with Crippen LogP contribution in [0.15, 0.2) is 147 Å². The summed E-state index contributed by atoms with van der Waals surface area (Å²) in [6.45, 7) is 36.8. The van der Waals surface area contributed by atoms with E-state index in [4.69, 9.17) is 44.1 Å². The number of ether oxygens (including phenoxy) is 3. The molecule has 3 atom stereocenters. The van der Waals surface area contributed by atoms with Crippen molar-refractivity contribution in [2.24, 2.45) is 5.92 Å². The largest absolute Gasteiger partial charge is 0.508 e. The Labute approximate surface area is 703 Å². The van der Waals surface area contributed by atoms with E-state index in [0.29, 0.717) is 160 Å². The van der Waals surface area contributed by atoms with Crippen molar-refractivity contribution >= 4 is 84.6 Å². The van der Waals surface area contributed by atoms with Crippen LogP contribution in [0.5, 0.6) is 35.3 Å². The summed E-state index contributed by atoms with van der Waals surface area (Å²) in [5.41, 5.74) is 9.33. The molecule has 630 valence electrons. The van der Waals surface area contributed by atoms with E-state index < -0.39 is 0 Å². The van der Waals surface area contributed by atoms with Crippen LogP contribution in [0, 0.1) is 5.92 Å². The Morgan fingerprint density at radius 3 is 1.18 bits per heavy atom. The quantitative estimate of drug-likeness (QED) is 0.0487. The molecule has 0 bridgehead atoms. The molecule has 3 aromatic heterocycles. The van der Waals surface area contributed by atoms with Crippen molar-refractivity contribution in [1.29, 1.82) is 0 Å². The number of carbonyl (C=O) groups excluding carboxylic acids is 3. The van der Waals surface area contributed by atoms with Gasteiger partial charge in [0.15, 0.2) is 0 Å². The average Bonchev–Trinajstić information content (AvgIpc) is 1.06. The fourth-order valence-electron chi connectivity index (χ4n) is 18.9. The number of likely N-dealkylation sites (tertiary alicyclic amines) is 2. The SMILES string of the molecule is C=CC(=O)N1CCN(c2nc(OC[C@@H]3CCCN3C(C)C)nc3c2CCN(c2cc(O)cc4ccccc24)C3)CC1.C=CC(=O)N1CCN(c2nc(OC[C@@H]3CCCN3CCC)nc3c2CCN(c2cc(O)cc4ccccc24)C3)CC1.C=CC(=O)N1CCN(c2nc(OC[C@@H]3CCNC3)nc3c2CCN(c2cc(O)cc4ccccc24)C3)CC1. The fraction of sp³-hybridized carbons (Fsp3) is 0.452. The summed E-state index contributed by atoms with van der Waals surface area (Å²) in [7, 11) is 0. The van der Waals surface area contributed by atoms with Crippen LogP contribution in [0.3, 0.4) is 0 Å². The molecule has 27 nitrogen and oxygen atoms in total. The topological polar surface area (TPSA) is 265 Å². The minimum atomic E-state index is -0.0301. The molecule has 120 heavy (non-hydrogen) atoms. The lowest BCUT2D eigenvalue weighted by Gasteiger charge is -2.38. The van der Waals surface area contributed by atoms with Gasteiger partial charge in [-0.25, -0.2) is 0 Å². The lowest BCUT2D eigenvalue weighted by molar-refractivity contribution is -0.127. The van der Waals surface area contributed by atoms with E-state index >= 15 is 0 Å². The van der Waals surface area contributed by atoms with Crippen LogP contribution >= 0.6 is 0 Å². The van der Waals surface area contributed by atoms with Crippen LogP contribution in [-0.4, -0.2) is 256 Å². The molecule has 0 unspecified atom stereocenters. The number of carbonyl (C=O) groups is 3. The smallest absolute Gasteiger partial charge is 0.318 e. The average molecular weight is 1630 g/mol. The highest BCUT2D eigenvalue weighted by molar-refractivity contribution is 5.98. The van der Waals surface area contributed by atoms with Crippen LogP contribution in [0.2, 0.25) is 0 Å². The van der Waals surface area contributed by atoms with Crippen molar-refractivity contribution in [3.05, 3.63) is 181 Å². The molecule has 0 aliphatic carbocycles. The number of hydrogen-bond acceptors (Lipinski definition) is 24. The summed E-state index contributed by atoms with van der Waals surface area (Å²) in [5.74, 6) is 3.91. The van der Waals surface area contributed by atoms with Gasteiger partial charge in [-0.05, 0) is 150 Å². The van der Waals surface area contributed by atoms with Crippen molar-refractivity contribution in [3.63, 3.8) is 0 Å². The lowest BCUT2D eigenvalue weighted by Crippen LogP contribution is -2.49. The standard InChI is InChI=1S/2C32H40N6O3.C29H34N6O3/c1-4-30(40)35-14-16-36(17-15-35)31-27-11-13-37(29-19-25(39)18-23-8-5-6-10-26(23)29)20-28(27)33-32(34-31)41-21-24-9-7-12-38(24)22(2)3;1-3-12-35-13-7-9-24(35)22-41-32-33-28-21-38(29-20-25(39)19-23-8-5-6-10-26(23)29)14-11-27(28)31(34-32)37-17-15-36(16-18-37)30(40)4-2;1-2-27(37)33-11-13-34(14-12-33)28-24-8-10-35(26-16-22(36)15-21-5-3-4-6-23(21)26)18-25(24)31-29(32-28)38-19-20-7-9-30-17-20/h4-6,8,10,18-19,22,24,39H,1,7,9,11-17,20-21H2,2-3H3;4-6,8,10,19-20,24,39H,2-3,7,9,11-18,21-22H2,1H3;2-6,15-16,20,30,36H,1,7-14,17-19H2/t2*24-;20-/m001/s1. The fourth-order valence-corrected chi connectivity index (χ4v) is 18.9. The molecule has 0 spiro atoms. The highest BCUT2D eigenvalue weighted by Gasteiger charge is 2.36. The Kier molecular flexibility index (Phi) is 25.6. The van der Waals surface area contributed by atoms with Gasteiger partial charge in [-0.15, -0.1) is 0 Å². The summed E-state index contributed by atoms with van der Waals surface area (Å²) >= 11 is 0. The number of hydrogen-bond donors (Lipinski definition) is 4. The molecule has 9 aliphatic rings. The minimum absolute atomic E-state index is 0.0273. The molecule has 4 N–H and O–H groups in total. The molecule has 27 heteroatoms. The van der Waals surface area contributed by atoms with E-state index in [0.717, 1.165) is 198 Å². The van der Waals surface area contributed by atoms with Crippen molar-refractivity contribution in [2.75, 3.05) is 180 Å². The second-order valence-electron chi connectivity index (χ2n) is 33.1. The number of benzene rings is 6. The number of piperazine rings is 3. The van der Waals surface area contributed by atoms with Gasteiger partial charge in [0.2, 0.25) is 17.7 Å². The van der Waals surface area contributed by atoms with Gasteiger partial charge >= 0.3 is 18.0 Å². The molecule has 12 heterocycles. The molecule has 18 rings (SSSR count). The second kappa shape index (κ2) is 37.4. The number of phenols is 3. The van der Waals surface area contributed by atoms with Gasteiger partial charge in [-0.2, -0.15) is 29.9 Å². The molecule has 0 radical (unpaired) electrons. The predicted octanol–water partition coefficient (Wildman–Crippen LogP) is 10.7. The maximum absolute atomic E-state index is 12.2. The Morgan fingerprint density at radius 1 is 0.450 bits per heavy atom. The zero-order chi connectivity index (χ0) is 82.9. The van der Waals surface area contributed by atoms with Gasteiger partial charge in [0.1, 0.15) is 47.9 Å². The maximum Gasteiger partial charge on any atom is 0.318 e. The molecule has 6 fully saturated rings. The zero-order valence-electron chi connectivity index (χ0n) is 69.7. The summed E-state index contributed by atoms with van der Waals surface area (Å²) < 4.78 is 18.9. The number of phenolic OH excluding ortho intramolecular Hbond substituents is 3. The van der Waals surface area contributed by atoms with E-state index in [9.17, 15) is 29.7 Å². The first kappa shape index (κ1) is 82.2. The summed E-state index contributed by atoms with van der Waals surface area (Å²) in [5, 5.41) is 41.2. The van der Waals surface area contributed by atoms with E-state index in [-0.39, 0.29) is 35.0 Å². The Morgan fingerprint density at radius 2 is 0.817 bits per heavy atom. The molecule has 3 amide bonds. The van der Waals surface area contributed by atoms with E-state index in [1.807, 2.05) is 99.6 Å². The van der Waals surface area contributed by atoms with Crippen LogP contribution in [0.1, 0.15) is 93.1 Å². The van der Waals surface area contributed by atoms with Gasteiger partial charge in [0, 0.05) is 197 Å². The molecule has 6 aromatic carbocycles. The molecular weight excluding hydrogens is 1510 g/mol. The third kappa shape index (κ3) is 18.4. The normalized spacial score (nSPS) is 19.5. The Bertz CT molecular complexity index is 5210. The number of nitrogens with one attached hydrogen (secondary N) is 1. The van der Waals surface area contributed by atoms with Crippen molar-refractivity contribution < 1.29 is 43.9 Å². The van der Waals surface area contributed by atoms with Gasteiger partial charge < -0.3 is 78.9 Å². The highest BCUT2D eigenvalue weighted by atomic mass is 16.5. The number of rotatable bonds is 21. The van der Waals surface area contributed by atoms with Gasteiger partial charge in [-0.3, -0.25) is 24.2 Å². The molecule has 9 aliphatic heterocycles. The van der Waals surface area contributed by atoms with Crippen molar-refractivity contribution in [3.8, 4) is 35.3 Å². The highest BCUT2D eigenvalue weighted by Crippen LogP contribution is 2.42. The zero-order valence-corrected chi connectivity index (χ0v) is 69.7. The van der Waals surface area contributed by atoms with Crippen LogP contribution in [0.4, 0.5) is 34.5 Å². The Balaban J connectivity index is 0.000000134. The molecule has 0 saturated carbocycles. The number of amides is 3. The first-order valence-corrected chi connectivity index (χ1v) is 43.2. The minimum Gasteiger partial charge on any atom is -0.508 e. The summed E-state index contributed by atoms with van der Waals surface area (Å²) in [4.78, 5) is 90.4. The van der Waals surface area contributed by atoms with Crippen LogP contribution in [-0.2, 0) is 53.3 Å². The number of anilines is 6. The van der Waals surface area contributed by atoms with Gasteiger partial charge in [-0.1, -0.05) is 99.5 Å². The lowest BCUT2D eigenvalue weighted by atomic mass is 10.0. The first-order chi connectivity index (χ1) is 58.5. The molecular formula is C93H114N18O9. The second-order valence-corrected chi connectivity index (χ2v) is 33.1. The van der Waals surface area contributed by atoms with Crippen LogP contribution < -0.4 is 48.9 Å². The summed E-state index contributed by atoms with van der Waals surface area (Å²) in [6, 6.07) is 37.9. The summed E-state index contributed by atoms with van der Waals surface area (Å²) in [6.07, 6.45) is 13.4. The molecule has 9 aromatic rings. The van der Waals surface area contributed by atoms with E-state index in [1.54, 1.807) is 6.07 Å². The van der Waals surface area contributed by atoms with Gasteiger partial charge in [0.05, 0.1) is 43.3 Å². The third-order valence-corrected chi connectivity index (χ3v) is 25.3. The van der Waals surface area contributed by atoms with Gasteiger partial charge in [0.25, 0.3) is 0 Å². The van der Waals surface area contributed by atoms with Crippen molar-refractivity contribution in [2.45, 2.75) is 116 Å². The first-order valence-electron chi connectivity index (χ1n) is 43.2. The van der Waals surface area contributed by atoms with E-state index in [2.05, 4.69) is 103 Å². The Hall–Kier alpha value is -11.6. The number of aromatic hydroxyl groups is 3. The third-order valence-electron chi connectivity index (χ3n) is 25.3.